The van der Waals surface area contributed by atoms with E-state index in [9.17, 15) is 19.2 Å². The van der Waals surface area contributed by atoms with Crippen LogP contribution in [0.4, 0.5) is 10.5 Å². The number of rotatable bonds is 21. The van der Waals surface area contributed by atoms with Gasteiger partial charge in [0.1, 0.15) is 6.54 Å². The van der Waals surface area contributed by atoms with Crippen LogP contribution in [-0.4, -0.2) is 96.4 Å². The summed E-state index contributed by atoms with van der Waals surface area (Å²) in [4.78, 5) is 50.0. The van der Waals surface area contributed by atoms with Crippen LogP contribution < -0.4 is 16.4 Å². The molecule has 1 aliphatic heterocycles. The molecule has 2 aliphatic rings. The summed E-state index contributed by atoms with van der Waals surface area (Å²) in [5.41, 5.74) is 8.69. The molecule has 1 saturated heterocycles. The van der Waals surface area contributed by atoms with E-state index >= 15 is 0 Å². The van der Waals surface area contributed by atoms with Gasteiger partial charge in [0, 0.05) is 51.5 Å². The van der Waals surface area contributed by atoms with Crippen LogP contribution in [0, 0.1) is 12.8 Å². The maximum atomic E-state index is 13.0. The molecule has 4 amide bonds. The van der Waals surface area contributed by atoms with Gasteiger partial charge in [-0.15, -0.1) is 0 Å². The van der Waals surface area contributed by atoms with E-state index in [4.69, 9.17) is 32.4 Å². The standard InChI is InChI=1S/C21H21N3O4.C16H32B2NO4.C2H6/c1-13-2-4-14(5-3-13)11-23-18(25)12-24-19(26)21(28-20(24)27)9-8-15-10-16(22)6-7-17(15)21;1-3-15(2)5-9-21-11-13-23-14-12-22-10-6-16(20)19-8-4-7-18-17;1-2/h2-7,10H,8-9,11-12,22H2,1H3,(H,23,25);15H,3-14H2,1-2H3,(H,19,20);1-2H3. The molecule has 289 valence electrons. The van der Waals surface area contributed by atoms with Gasteiger partial charge in [0.2, 0.25) is 17.4 Å². The number of hydrogen-bond acceptors (Lipinski definition) is 9. The number of benzene rings is 2. The lowest BCUT2D eigenvalue weighted by Gasteiger charge is -2.20. The maximum Gasteiger partial charge on any atom is 0.418 e. The molecule has 2 aromatic carbocycles. The fraction of sp³-hybridized carbons (Fsp3) is 0.590. The van der Waals surface area contributed by atoms with Gasteiger partial charge in [0.25, 0.3) is 5.91 Å². The topological polar surface area (TPSA) is 159 Å². The third-order valence-electron chi connectivity index (χ3n) is 8.83. The molecule has 0 bridgehead atoms. The fourth-order valence-electron chi connectivity index (χ4n) is 5.51. The average molecular weight is 734 g/mol. The number of nitrogen functional groups attached to an aromatic ring is 1. The maximum absolute atomic E-state index is 13.0. The zero-order chi connectivity index (χ0) is 39.1. The van der Waals surface area contributed by atoms with Gasteiger partial charge in [-0.2, -0.15) is 0 Å². The number of imide groups is 1. The Morgan fingerprint density at radius 3 is 2.30 bits per heavy atom. The van der Waals surface area contributed by atoms with Gasteiger partial charge < -0.3 is 35.3 Å². The first-order valence-corrected chi connectivity index (χ1v) is 18.9. The summed E-state index contributed by atoms with van der Waals surface area (Å²) in [6, 6.07) is 13.0. The predicted octanol–water partition coefficient (Wildman–Crippen LogP) is 4.61. The second kappa shape index (κ2) is 25.2. The first-order chi connectivity index (χ1) is 25.6. The Balaban J connectivity index is 0.000000359. The molecule has 4 rings (SSSR count). The number of aryl methyl sites for hydroxylation is 2. The highest BCUT2D eigenvalue weighted by atomic mass is 16.6. The molecule has 1 spiro atoms. The van der Waals surface area contributed by atoms with Crippen molar-refractivity contribution in [2.45, 2.75) is 91.6 Å². The molecule has 1 heterocycles. The summed E-state index contributed by atoms with van der Waals surface area (Å²) in [7, 11) is 6.86. The van der Waals surface area contributed by atoms with Crippen molar-refractivity contribution in [1.29, 1.82) is 0 Å². The number of nitrogens with one attached hydrogen (secondary N) is 2. The molecular weight excluding hydrogens is 674 g/mol. The highest BCUT2D eigenvalue weighted by molar-refractivity contribution is 6.89. The van der Waals surface area contributed by atoms with E-state index in [0.717, 1.165) is 53.3 Å². The highest BCUT2D eigenvalue weighted by Gasteiger charge is 2.58. The Labute approximate surface area is 318 Å². The van der Waals surface area contributed by atoms with Crippen LogP contribution >= 0.6 is 0 Å². The average Bonchev–Trinajstić information content (AvgIpc) is 3.63. The van der Waals surface area contributed by atoms with Gasteiger partial charge >= 0.3 is 6.09 Å². The van der Waals surface area contributed by atoms with Crippen molar-refractivity contribution < 1.29 is 38.1 Å². The minimum atomic E-state index is -1.34. The number of fused-ring (bicyclic) bond motifs is 2. The zero-order valence-electron chi connectivity index (χ0n) is 32.4. The Hall–Kier alpha value is -3.87. The second-order valence-corrected chi connectivity index (χ2v) is 12.9. The summed E-state index contributed by atoms with van der Waals surface area (Å²) >= 11 is 0. The van der Waals surface area contributed by atoms with Crippen molar-refractivity contribution in [2.24, 2.45) is 5.92 Å². The van der Waals surface area contributed by atoms with Crippen molar-refractivity contribution in [3.63, 3.8) is 0 Å². The lowest BCUT2D eigenvalue weighted by Crippen LogP contribution is -2.43. The largest absolute Gasteiger partial charge is 0.427 e. The number of carbonyl (C=O) groups excluding carboxylic acids is 4. The monoisotopic (exact) mass is 733 g/mol. The Kier molecular flexibility index (Phi) is 21.5. The van der Waals surface area contributed by atoms with E-state index in [1.165, 1.54) is 6.42 Å². The molecular formula is C39H59B2N4O8. The lowest BCUT2D eigenvalue weighted by atomic mass is 9.53. The quantitative estimate of drug-likeness (QED) is 0.0947. The van der Waals surface area contributed by atoms with Gasteiger partial charge in [-0.3, -0.25) is 14.4 Å². The van der Waals surface area contributed by atoms with Crippen LogP contribution in [0.3, 0.4) is 0 Å². The number of anilines is 1. The van der Waals surface area contributed by atoms with Crippen molar-refractivity contribution in [3.05, 3.63) is 64.7 Å². The molecule has 12 nitrogen and oxygen atoms in total. The summed E-state index contributed by atoms with van der Waals surface area (Å²) in [6.45, 7) is 14.5. The van der Waals surface area contributed by atoms with Crippen LogP contribution in [0.1, 0.15) is 82.1 Å². The van der Waals surface area contributed by atoms with E-state index in [0.29, 0.717) is 76.6 Å². The number of amides is 4. The normalized spacial score (nSPS) is 16.1. The number of ether oxygens (including phenoxy) is 4. The van der Waals surface area contributed by atoms with Crippen LogP contribution in [0.2, 0.25) is 6.32 Å². The summed E-state index contributed by atoms with van der Waals surface area (Å²) < 4.78 is 21.7. The van der Waals surface area contributed by atoms with Gasteiger partial charge in [-0.1, -0.05) is 76.3 Å². The van der Waals surface area contributed by atoms with Crippen LogP contribution in [0.15, 0.2) is 42.5 Å². The van der Waals surface area contributed by atoms with Crippen molar-refractivity contribution in [1.82, 2.24) is 15.5 Å². The fourth-order valence-corrected chi connectivity index (χ4v) is 5.51. The van der Waals surface area contributed by atoms with E-state index in [2.05, 4.69) is 24.5 Å². The molecule has 0 saturated carbocycles. The Morgan fingerprint density at radius 2 is 1.64 bits per heavy atom. The van der Waals surface area contributed by atoms with E-state index < -0.39 is 23.5 Å². The van der Waals surface area contributed by atoms with Crippen molar-refractivity contribution in [3.8, 4) is 0 Å². The van der Waals surface area contributed by atoms with Gasteiger partial charge in [0.15, 0.2) is 0 Å². The van der Waals surface area contributed by atoms with Gasteiger partial charge in [-0.25, -0.2) is 9.69 Å². The number of carbonyl (C=O) groups is 4. The van der Waals surface area contributed by atoms with E-state index in [-0.39, 0.29) is 12.5 Å². The second-order valence-electron chi connectivity index (χ2n) is 12.9. The molecule has 14 heteroatoms. The van der Waals surface area contributed by atoms with Crippen LogP contribution in [-0.2, 0) is 51.9 Å². The Morgan fingerprint density at radius 1 is 0.981 bits per heavy atom. The minimum absolute atomic E-state index is 0.0117. The Bertz CT molecular complexity index is 1410. The molecule has 2 atom stereocenters. The molecule has 2 unspecified atom stereocenters. The summed E-state index contributed by atoms with van der Waals surface area (Å²) in [6.07, 6.45) is 4.52. The first-order valence-electron chi connectivity index (χ1n) is 18.9. The summed E-state index contributed by atoms with van der Waals surface area (Å²) in [5, 5.41) is 5.55. The number of nitrogens with zero attached hydrogens (tertiary/aromatic N) is 1. The summed E-state index contributed by atoms with van der Waals surface area (Å²) in [5.74, 6) is -0.178. The molecule has 0 aromatic heterocycles. The molecule has 2 aromatic rings. The van der Waals surface area contributed by atoms with Gasteiger partial charge in [0.05, 0.1) is 40.2 Å². The molecule has 53 heavy (non-hydrogen) atoms. The van der Waals surface area contributed by atoms with Crippen LogP contribution in [0.5, 0.6) is 0 Å². The minimum Gasteiger partial charge on any atom is -0.427 e. The third-order valence-corrected chi connectivity index (χ3v) is 8.83. The predicted molar refractivity (Wildman–Crippen MR) is 209 cm³/mol. The van der Waals surface area contributed by atoms with E-state index in [1.54, 1.807) is 25.4 Å². The highest BCUT2D eigenvalue weighted by Crippen LogP contribution is 2.45. The SMILES string of the molecule is CC.Cc1ccc(CNC(=O)CN2C(=O)OC3(CCc4cc(N)ccc43)C2=O)cc1.[B][B]CCCNC(=O)CCOCCOCCOCCC(C)CC. The molecule has 1 aliphatic carbocycles. The first kappa shape index (κ1) is 45.3. The third kappa shape index (κ3) is 15.6. The smallest absolute Gasteiger partial charge is 0.418 e. The number of hydrogen-bond donors (Lipinski definition) is 3. The van der Waals surface area contributed by atoms with Gasteiger partial charge in [-0.05, 0) is 55.4 Å². The molecule has 3 radical (unpaired) electrons. The van der Waals surface area contributed by atoms with E-state index in [1.807, 2.05) is 45.0 Å². The van der Waals surface area contributed by atoms with Crippen LogP contribution in [0.25, 0.3) is 0 Å². The van der Waals surface area contributed by atoms with Crippen molar-refractivity contribution in [2.75, 3.05) is 58.5 Å². The zero-order valence-corrected chi connectivity index (χ0v) is 32.4. The molecule has 4 N–H and O–H groups in total. The van der Waals surface area contributed by atoms with Crippen molar-refractivity contribution >= 4 is 44.4 Å². The molecule has 1 fully saturated rings. The lowest BCUT2D eigenvalue weighted by molar-refractivity contribution is -0.139. The number of nitrogens with two attached hydrogens (primary N) is 1.